The van der Waals surface area contributed by atoms with Crippen LogP contribution in [0.25, 0.3) is 10.2 Å². The number of aryl methyl sites for hydroxylation is 2. The van der Waals surface area contributed by atoms with E-state index in [1.54, 1.807) is 17.7 Å². The maximum absolute atomic E-state index is 4.53. The first kappa shape index (κ1) is 11.9. The minimum Gasteiger partial charge on any atom is -0.353 e. The van der Waals surface area contributed by atoms with E-state index in [-0.39, 0.29) is 0 Å². The molecule has 3 rings (SSSR count). The van der Waals surface area contributed by atoms with Gasteiger partial charge >= 0.3 is 0 Å². The highest BCUT2D eigenvalue weighted by Gasteiger charge is 2.21. The van der Waals surface area contributed by atoms with E-state index in [4.69, 9.17) is 0 Å². The van der Waals surface area contributed by atoms with Gasteiger partial charge in [0, 0.05) is 30.6 Å². The molecule has 96 valence electrons. The molecular weight excluding hydrogens is 244 g/mol. The van der Waals surface area contributed by atoms with Crippen LogP contribution >= 0.6 is 11.3 Å². The number of hydrogen-bond donors (Lipinski definition) is 1. The second kappa shape index (κ2) is 4.48. The topological polar surface area (TPSA) is 41.1 Å². The number of nitrogens with one attached hydrogen (secondary N) is 1. The van der Waals surface area contributed by atoms with Gasteiger partial charge in [0.25, 0.3) is 0 Å². The van der Waals surface area contributed by atoms with Gasteiger partial charge in [0.05, 0.1) is 5.39 Å². The van der Waals surface area contributed by atoms with Gasteiger partial charge in [-0.1, -0.05) is 0 Å². The highest BCUT2D eigenvalue weighted by molar-refractivity contribution is 7.18. The lowest BCUT2D eigenvalue weighted by atomic mass is 10.1. The molecule has 2 aromatic rings. The molecule has 5 heteroatoms. The summed E-state index contributed by atoms with van der Waals surface area (Å²) in [6.45, 7) is 9.61. The third-order valence-corrected chi connectivity index (χ3v) is 4.73. The molecule has 0 spiro atoms. The van der Waals surface area contributed by atoms with Crippen molar-refractivity contribution >= 4 is 27.4 Å². The summed E-state index contributed by atoms with van der Waals surface area (Å²) in [5, 5.41) is 4.71. The van der Waals surface area contributed by atoms with Crippen LogP contribution in [0.5, 0.6) is 0 Å². The number of fused-ring (bicyclic) bond motifs is 1. The molecule has 0 aliphatic carbocycles. The van der Waals surface area contributed by atoms with Crippen LogP contribution in [0.1, 0.15) is 17.4 Å². The van der Waals surface area contributed by atoms with Crippen molar-refractivity contribution in [2.24, 2.45) is 0 Å². The van der Waals surface area contributed by atoms with Gasteiger partial charge < -0.3 is 10.2 Å². The van der Waals surface area contributed by atoms with Crippen LogP contribution in [0.2, 0.25) is 0 Å². The van der Waals surface area contributed by atoms with E-state index in [0.717, 1.165) is 30.3 Å². The Morgan fingerprint density at radius 3 is 3.00 bits per heavy atom. The second-order valence-electron chi connectivity index (χ2n) is 4.96. The molecule has 2 aromatic heterocycles. The van der Waals surface area contributed by atoms with E-state index in [2.05, 4.69) is 41.0 Å². The standard InChI is InChI=1S/C13H18N4S/c1-8-6-17(5-4-14-8)12-11-9(2)10(3)18-13(11)16-7-15-12/h7-8,14H,4-6H2,1-3H3/t8-/m0/s1. The summed E-state index contributed by atoms with van der Waals surface area (Å²) >= 11 is 1.76. The van der Waals surface area contributed by atoms with Crippen LogP contribution in [-0.2, 0) is 0 Å². The lowest BCUT2D eigenvalue weighted by Gasteiger charge is -2.33. The monoisotopic (exact) mass is 262 g/mol. The molecule has 1 atom stereocenters. The molecule has 0 amide bonds. The van der Waals surface area contributed by atoms with Gasteiger partial charge in [0.1, 0.15) is 17.0 Å². The van der Waals surface area contributed by atoms with Gasteiger partial charge in [0.2, 0.25) is 0 Å². The smallest absolute Gasteiger partial charge is 0.141 e. The van der Waals surface area contributed by atoms with Crippen molar-refractivity contribution < 1.29 is 0 Å². The Morgan fingerprint density at radius 1 is 1.39 bits per heavy atom. The summed E-state index contributed by atoms with van der Waals surface area (Å²) in [6, 6.07) is 0.517. The number of anilines is 1. The Bertz CT molecular complexity index is 578. The Hall–Kier alpha value is -1.20. The Kier molecular flexibility index (Phi) is 2.95. The van der Waals surface area contributed by atoms with E-state index in [1.165, 1.54) is 15.8 Å². The maximum atomic E-state index is 4.53. The summed E-state index contributed by atoms with van der Waals surface area (Å²) < 4.78 is 0. The lowest BCUT2D eigenvalue weighted by Crippen LogP contribution is -2.49. The van der Waals surface area contributed by atoms with Gasteiger partial charge in [-0.3, -0.25) is 0 Å². The van der Waals surface area contributed by atoms with Gasteiger partial charge in [0.15, 0.2) is 0 Å². The average molecular weight is 262 g/mol. The SMILES string of the molecule is Cc1sc2ncnc(N3CCN[C@@H](C)C3)c2c1C. The highest BCUT2D eigenvalue weighted by Crippen LogP contribution is 2.34. The van der Waals surface area contributed by atoms with Crippen LogP contribution in [0, 0.1) is 13.8 Å². The summed E-state index contributed by atoms with van der Waals surface area (Å²) in [6.07, 6.45) is 1.69. The van der Waals surface area contributed by atoms with E-state index in [1.807, 2.05) is 0 Å². The lowest BCUT2D eigenvalue weighted by molar-refractivity contribution is 0.483. The third-order valence-electron chi connectivity index (χ3n) is 3.61. The zero-order chi connectivity index (χ0) is 12.7. The molecule has 0 radical (unpaired) electrons. The zero-order valence-corrected chi connectivity index (χ0v) is 11.8. The summed E-state index contributed by atoms with van der Waals surface area (Å²) in [5.74, 6) is 1.11. The normalized spacial score (nSPS) is 20.6. The highest BCUT2D eigenvalue weighted by atomic mass is 32.1. The molecule has 1 aliphatic rings. The van der Waals surface area contributed by atoms with E-state index in [9.17, 15) is 0 Å². The van der Waals surface area contributed by atoms with Gasteiger partial charge in [-0.05, 0) is 26.3 Å². The third kappa shape index (κ3) is 1.87. The van der Waals surface area contributed by atoms with Crippen molar-refractivity contribution in [3.05, 3.63) is 16.8 Å². The van der Waals surface area contributed by atoms with Gasteiger partial charge in [-0.15, -0.1) is 11.3 Å². The fraction of sp³-hybridized carbons (Fsp3) is 0.538. The number of rotatable bonds is 1. The van der Waals surface area contributed by atoms with Crippen LogP contribution in [0.15, 0.2) is 6.33 Å². The number of hydrogen-bond acceptors (Lipinski definition) is 5. The van der Waals surface area contributed by atoms with Crippen molar-refractivity contribution in [2.45, 2.75) is 26.8 Å². The molecule has 3 heterocycles. The number of aromatic nitrogens is 2. The Morgan fingerprint density at radius 2 is 2.22 bits per heavy atom. The summed E-state index contributed by atoms with van der Waals surface area (Å²) in [4.78, 5) is 13.8. The molecule has 0 aromatic carbocycles. The molecule has 0 saturated carbocycles. The predicted molar refractivity (Wildman–Crippen MR) is 76.6 cm³/mol. The quantitative estimate of drug-likeness (QED) is 0.854. The molecular formula is C13H18N4S. The average Bonchev–Trinajstić information content (AvgIpc) is 2.65. The number of thiophene rings is 1. The van der Waals surface area contributed by atoms with E-state index < -0.39 is 0 Å². The number of piperazine rings is 1. The first-order valence-electron chi connectivity index (χ1n) is 6.36. The van der Waals surface area contributed by atoms with E-state index >= 15 is 0 Å². The minimum atomic E-state index is 0.517. The second-order valence-corrected chi connectivity index (χ2v) is 6.17. The molecule has 1 N–H and O–H groups in total. The molecule has 18 heavy (non-hydrogen) atoms. The molecule has 1 saturated heterocycles. The molecule has 1 fully saturated rings. The van der Waals surface area contributed by atoms with Crippen molar-refractivity contribution in [3.63, 3.8) is 0 Å². The molecule has 0 unspecified atom stereocenters. The Balaban J connectivity index is 2.10. The fourth-order valence-corrected chi connectivity index (χ4v) is 3.52. The van der Waals surface area contributed by atoms with Crippen LogP contribution in [0.3, 0.4) is 0 Å². The van der Waals surface area contributed by atoms with Crippen LogP contribution in [-0.4, -0.2) is 35.6 Å². The first-order valence-corrected chi connectivity index (χ1v) is 7.17. The zero-order valence-electron chi connectivity index (χ0n) is 11.0. The maximum Gasteiger partial charge on any atom is 0.141 e. The van der Waals surface area contributed by atoms with Crippen molar-refractivity contribution in [3.8, 4) is 0 Å². The molecule has 4 nitrogen and oxygen atoms in total. The fourth-order valence-electron chi connectivity index (χ4n) is 2.53. The van der Waals surface area contributed by atoms with E-state index in [0.29, 0.717) is 6.04 Å². The van der Waals surface area contributed by atoms with Crippen molar-refractivity contribution in [1.29, 1.82) is 0 Å². The first-order chi connectivity index (χ1) is 8.66. The molecule has 1 aliphatic heterocycles. The summed E-state index contributed by atoms with van der Waals surface area (Å²) in [5.41, 5.74) is 1.33. The summed E-state index contributed by atoms with van der Waals surface area (Å²) in [7, 11) is 0. The van der Waals surface area contributed by atoms with Crippen molar-refractivity contribution in [2.75, 3.05) is 24.5 Å². The predicted octanol–water partition coefficient (Wildman–Crippen LogP) is 2.11. The van der Waals surface area contributed by atoms with Crippen molar-refractivity contribution in [1.82, 2.24) is 15.3 Å². The van der Waals surface area contributed by atoms with Crippen LogP contribution < -0.4 is 10.2 Å². The van der Waals surface area contributed by atoms with Gasteiger partial charge in [-0.25, -0.2) is 9.97 Å². The van der Waals surface area contributed by atoms with Crippen LogP contribution in [0.4, 0.5) is 5.82 Å². The minimum absolute atomic E-state index is 0.517. The largest absolute Gasteiger partial charge is 0.353 e. The Labute approximate surface area is 111 Å². The number of nitrogens with zero attached hydrogens (tertiary/aromatic N) is 3. The molecule has 0 bridgehead atoms. The van der Waals surface area contributed by atoms with Gasteiger partial charge in [-0.2, -0.15) is 0 Å².